The number of rotatable bonds is 5. The van der Waals surface area contributed by atoms with E-state index in [1.54, 1.807) is 0 Å². The molecule has 0 aliphatic carbocycles. The number of anilines is 3. The number of aromatic nitrogens is 1. The molecule has 0 unspecified atom stereocenters. The van der Waals surface area contributed by atoms with Crippen LogP contribution in [0.2, 0.25) is 0 Å². The van der Waals surface area contributed by atoms with Crippen LogP contribution in [0.3, 0.4) is 0 Å². The van der Waals surface area contributed by atoms with Crippen LogP contribution >= 0.6 is 22.7 Å². The Hall–Kier alpha value is -6.33. The van der Waals surface area contributed by atoms with Crippen molar-refractivity contribution in [2.24, 2.45) is 0 Å². The Kier molecular flexibility index (Phi) is 6.94. The fraction of sp³-hybridized carbons (Fsp3) is 0. The molecular weight excluding hydrogens is 681 g/mol. The molecule has 0 aliphatic heterocycles. The smallest absolute Gasteiger partial charge is 0.0701 e. The van der Waals surface area contributed by atoms with E-state index >= 15 is 0 Å². The summed E-state index contributed by atoms with van der Waals surface area (Å²) < 4.78 is 5.35. The second-order valence-corrected chi connectivity index (χ2v) is 15.7. The van der Waals surface area contributed by atoms with Gasteiger partial charge in [0.2, 0.25) is 0 Å². The van der Waals surface area contributed by atoms with Crippen LogP contribution in [0.1, 0.15) is 0 Å². The van der Waals surface area contributed by atoms with Gasteiger partial charge in [-0.05, 0) is 93.3 Å². The Morgan fingerprint density at radius 1 is 0.358 bits per heavy atom. The van der Waals surface area contributed by atoms with Crippen LogP contribution in [0.5, 0.6) is 0 Å². The number of thiophene rings is 2. The Morgan fingerprint density at radius 3 is 1.38 bits per heavy atom. The minimum Gasteiger partial charge on any atom is -0.310 e. The highest BCUT2D eigenvalue weighted by atomic mass is 32.1. The molecule has 4 heteroatoms. The van der Waals surface area contributed by atoms with Crippen molar-refractivity contribution in [2.45, 2.75) is 0 Å². The van der Waals surface area contributed by atoms with Gasteiger partial charge >= 0.3 is 0 Å². The van der Waals surface area contributed by atoms with E-state index in [1.807, 2.05) is 47.1 Å². The van der Waals surface area contributed by atoms with Gasteiger partial charge in [0.1, 0.15) is 0 Å². The van der Waals surface area contributed by atoms with Crippen LogP contribution in [-0.2, 0) is 0 Å². The summed E-state index contributed by atoms with van der Waals surface area (Å²) in [5.74, 6) is 0. The molecule has 0 radical (unpaired) electrons. The highest BCUT2D eigenvalue weighted by Gasteiger charge is 2.17. The average molecular weight is 711 g/mol. The second-order valence-electron chi connectivity index (χ2n) is 13.6. The molecule has 0 fully saturated rings. The van der Waals surface area contributed by atoms with Gasteiger partial charge in [0.25, 0.3) is 0 Å². The molecule has 53 heavy (non-hydrogen) atoms. The predicted molar refractivity (Wildman–Crippen MR) is 231 cm³/mol. The Morgan fingerprint density at radius 2 is 0.830 bits per heavy atom. The Balaban J connectivity index is 1.04. The number of benzene rings is 8. The summed E-state index contributed by atoms with van der Waals surface area (Å²) in [6.07, 6.45) is 1.84. The van der Waals surface area contributed by atoms with Crippen molar-refractivity contribution in [3.8, 4) is 22.4 Å². The molecule has 0 aliphatic rings. The van der Waals surface area contributed by atoms with Crippen molar-refractivity contribution >= 4 is 102 Å². The molecule has 11 rings (SSSR count). The molecule has 0 spiro atoms. The van der Waals surface area contributed by atoms with Crippen LogP contribution < -0.4 is 4.90 Å². The van der Waals surface area contributed by atoms with Gasteiger partial charge in [0.15, 0.2) is 0 Å². The van der Waals surface area contributed by atoms with Crippen LogP contribution in [0, 0.1) is 0 Å². The van der Waals surface area contributed by atoms with Crippen molar-refractivity contribution in [3.63, 3.8) is 0 Å². The first-order valence-corrected chi connectivity index (χ1v) is 19.5. The van der Waals surface area contributed by atoms with Crippen molar-refractivity contribution in [3.05, 3.63) is 182 Å². The lowest BCUT2D eigenvalue weighted by atomic mass is 10.0. The second kappa shape index (κ2) is 12.1. The summed E-state index contributed by atoms with van der Waals surface area (Å²) >= 11 is 3.77. The standard InChI is InChI=1S/C49H30N2S2/c1-3-10-46-41(7-1)43-24-18-34-29-37(22-26-39(34)48(43)52-46)51(36-20-16-32(17-21-36)31-12-14-33(15-13-31)45-9-5-6-28-50-45)38-23-27-40-35(30-38)19-25-44-42-8-2-4-11-47(42)53-49(40)44/h1-30H. The number of hydrogen-bond donors (Lipinski definition) is 0. The number of hydrogen-bond acceptors (Lipinski definition) is 4. The van der Waals surface area contributed by atoms with Gasteiger partial charge in [0, 0.05) is 69.2 Å². The van der Waals surface area contributed by atoms with E-state index < -0.39 is 0 Å². The first-order chi connectivity index (χ1) is 26.2. The zero-order valence-electron chi connectivity index (χ0n) is 28.5. The fourth-order valence-corrected chi connectivity index (χ4v) is 10.4. The molecule has 248 valence electrons. The molecule has 0 N–H and O–H groups in total. The third-order valence-corrected chi connectivity index (χ3v) is 12.9. The van der Waals surface area contributed by atoms with E-state index in [1.165, 1.54) is 73.0 Å². The van der Waals surface area contributed by atoms with Crippen molar-refractivity contribution in [2.75, 3.05) is 4.90 Å². The Bertz CT molecular complexity index is 3000. The van der Waals surface area contributed by atoms with Crippen LogP contribution in [0.25, 0.3) is 84.3 Å². The lowest BCUT2D eigenvalue weighted by Crippen LogP contribution is -2.09. The van der Waals surface area contributed by atoms with Gasteiger partial charge in [0.05, 0.1) is 5.69 Å². The van der Waals surface area contributed by atoms with Crippen LogP contribution in [0.4, 0.5) is 17.1 Å². The van der Waals surface area contributed by atoms with E-state index in [9.17, 15) is 0 Å². The van der Waals surface area contributed by atoms with Gasteiger partial charge in [-0.25, -0.2) is 0 Å². The van der Waals surface area contributed by atoms with Gasteiger partial charge in [-0.3, -0.25) is 4.98 Å². The summed E-state index contributed by atoms with van der Waals surface area (Å²) in [6, 6.07) is 64.2. The minimum absolute atomic E-state index is 0.983. The number of nitrogens with zero attached hydrogens (tertiary/aromatic N) is 2. The zero-order valence-corrected chi connectivity index (χ0v) is 30.2. The summed E-state index contributed by atoms with van der Waals surface area (Å²) in [6.45, 7) is 0. The van der Waals surface area contributed by atoms with Crippen molar-refractivity contribution in [1.29, 1.82) is 0 Å². The van der Waals surface area contributed by atoms with Crippen molar-refractivity contribution in [1.82, 2.24) is 4.98 Å². The molecule has 0 saturated carbocycles. The number of pyridine rings is 1. The van der Waals surface area contributed by atoms with E-state index in [4.69, 9.17) is 0 Å². The van der Waals surface area contributed by atoms with Gasteiger partial charge < -0.3 is 4.90 Å². The first-order valence-electron chi connectivity index (χ1n) is 17.9. The third kappa shape index (κ3) is 5.02. The maximum Gasteiger partial charge on any atom is 0.0701 e. The fourth-order valence-electron chi connectivity index (χ4n) is 7.89. The highest BCUT2D eigenvalue weighted by Crippen LogP contribution is 2.44. The van der Waals surface area contributed by atoms with Gasteiger partial charge in [-0.1, -0.05) is 115 Å². The summed E-state index contributed by atoms with van der Waals surface area (Å²) in [5, 5.41) is 10.4. The zero-order chi connectivity index (χ0) is 34.9. The third-order valence-electron chi connectivity index (χ3n) is 10.5. The van der Waals surface area contributed by atoms with Crippen LogP contribution in [0.15, 0.2) is 182 Å². The molecule has 0 amide bonds. The molecular formula is C49H30N2S2. The summed E-state index contributed by atoms with van der Waals surface area (Å²) in [7, 11) is 0. The van der Waals surface area contributed by atoms with E-state index in [2.05, 4.69) is 168 Å². The monoisotopic (exact) mass is 710 g/mol. The van der Waals surface area contributed by atoms with Gasteiger partial charge in [-0.2, -0.15) is 0 Å². The summed E-state index contributed by atoms with van der Waals surface area (Å²) in [5.41, 5.74) is 7.84. The number of fused-ring (bicyclic) bond motifs is 10. The molecule has 11 aromatic rings. The average Bonchev–Trinajstić information content (AvgIpc) is 3.81. The van der Waals surface area contributed by atoms with Crippen molar-refractivity contribution < 1.29 is 0 Å². The summed E-state index contributed by atoms with van der Waals surface area (Å²) in [4.78, 5) is 6.92. The quantitative estimate of drug-likeness (QED) is 0.177. The van der Waals surface area contributed by atoms with E-state index in [0.29, 0.717) is 0 Å². The SMILES string of the molecule is c1ccc(-c2ccc(-c3ccc(N(c4ccc5c(ccc6c7ccccc7sc56)c4)c4ccc5c(ccc6c7ccccc7sc56)c4)cc3)cc2)nc1. The molecule has 3 aromatic heterocycles. The van der Waals surface area contributed by atoms with E-state index in [-0.39, 0.29) is 0 Å². The largest absolute Gasteiger partial charge is 0.310 e. The molecule has 0 atom stereocenters. The lowest BCUT2D eigenvalue weighted by molar-refractivity contribution is 1.29. The maximum absolute atomic E-state index is 4.52. The highest BCUT2D eigenvalue weighted by molar-refractivity contribution is 7.27. The molecule has 3 heterocycles. The molecule has 2 nitrogen and oxygen atoms in total. The van der Waals surface area contributed by atoms with Crippen LogP contribution in [-0.4, -0.2) is 4.98 Å². The normalized spacial score (nSPS) is 11.8. The minimum atomic E-state index is 0.983. The Labute approximate surface area is 314 Å². The molecule has 0 saturated heterocycles. The van der Waals surface area contributed by atoms with E-state index in [0.717, 1.165) is 28.3 Å². The first kappa shape index (κ1) is 30.3. The molecule has 0 bridgehead atoms. The topological polar surface area (TPSA) is 16.1 Å². The van der Waals surface area contributed by atoms with Gasteiger partial charge in [-0.15, -0.1) is 22.7 Å². The predicted octanol–water partition coefficient (Wildman–Crippen LogP) is 14.9. The molecule has 8 aromatic carbocycles. The lowest BCUT2D eigenvalue weighted by Gasteiger charge is -2.26. The maximum atomic E-state index is 4.52.